The van der Waals surface area contributed by atoms with E-state index < -0.39 is 0 Å². The third-order valence-corrected chi connectivity index (χ3v) is 4.47. The van der Waals surface area contributed by atoms with Crippen molar-refractivity contribution < 1.29 is 4.42 Å². The number of aromatic nitrogens is 4. The maximum Gasteiger partial charge on any atom is 0.177 e. The Kier molecular flexibility index (Phi) is 4.00. The molecule has 0 fully saturated rings. The monoisotopic (exact) mass is 383 g/mol. The summed E-state index contributed by atoms with van der Waals surface area (Å²) in [5.41, 5.74) is 3.42. The number of rotatable bonds is 4. The van der Waals surface area contributed by atoms with E-state index in [9.17, 15) is 0 Å². The number of fused-ring (bicyclic) bond motifs is 1. The van der Waals surface area contributed by atoms with Crippen LogP contribution in [-0.4, -0.2) is 19.5 Å². The maximum absolute atomic E-state index is 5.31. The van der Waals surface area contributed by atoms with Gasteiger partial charge in [0.15, 0.2) is 11.1 Å². The molecule has 4 aromatic rings. The van der Waals surface area contributed by atoms with Gasteiger partial charge in [-0.05, 0) is 23.8 Å². The Morgan fingerprint density at radius 1 is 1.17 bits per heavy atom. The first-order valence-corrected chi connectivity index (χ1v) is 8.25. The molecule has 3 heterocycles. The minimum atomic E-state index is 0.447. The van der Waals surface area contributed by atoms with E-state index in [1.54, 1.807) is 18.9 Å². The van der Waals surface area contributed by atoms with Crippen molar-refractivity contribution in [2.75, 3.05) is 0 Å². The highest BCUT2D eigenvalue weighted by molar-refractivity contribution is 9.10. The van der Waals surface area contributed by atoms with Crippen LogP contribution >= 0.6 is 15.9 Å². The lowest BCUT2D eigenvalue weighted by atomic mass is 10.2. The largest absolute Gasteiger partial charge is 0.467 e. The molecule has 6 nitrogen and oxygen atoms in total. The molecule has 4 rings (SSSR count). The van der Waals surface area contributed by atoms with Gasteiger partial charge in [-0.15, -0.1) is 0 Å². The molecular weight excluding hydrogens is 370 g/mol. The number of imidazole rings is 1. The molecule has 1 N–H and O–H groups in total. The summed E-state index contributed by atoms with van der Waals surface area (Å²) in [6.45, 7) is 1.12. The van der Waals surface area contributed by atoms with E-state index in [1.807, 2.05) is 34.9 Å². The molecule has 0 bridgehead atoms. The van der Waals surface area contributed by atoms with Crippen LogP contribution in [0.25, 0.3) is 11.2 Å². The summed E-state index contributed by atoms with van der Waals surface area (Å²) in [4.78, 5) is 16.5. The smallest absolute Gasteiger partial charge is 0.177 e. The van der Waals surface area contributed by atoms with Crippen LogP contribution < -0.4 is 5.49 Å². The van der Waals surface area contributed by atoms with Crippen LogP contribution in [0.5, 0.6) is 0 Å². The fraction of sp³-hybridized carbons (Fsp3) is 0.118. The van der Waals surface area contributed by atoms with Gasteiger partial charge in [0.1, 0.15) is 11.3 Å². The number of aromatic amines is 1. The van der Waals surface area contributed by atoms with Gasteiger partial charge in [-0.3, -0.25) is 4.99 Å². The molecule has 0 saturated carbocycles. The van der Waals surface area contributed by atoms with E-state index in [4.69, 9.17) is 4.42 Å². The first-order chi connectivity index (χ1) is 11.8. The summed E-state index contributed by atoms with van der Waals surface area (Å²) >= 11 is 3.58. The van der Waals surface area contributed by atoms with Crippen molar-refractivity contribution in [3.05, 3.63) is 76.6 Å². The summed E-state index contributed by atoms with van der Waals surface area (Å²) < 4.78 is 8.37. The van der Waals surface area contributed by atoms with Crippen LogP contribution in [0.1, 0.15) is 11.3 Å². The van der Waals surface area contributed by atoms with Crippen molar-refractivity contribution in [1.82, 2.24) is 19.5 Å². The third-order valence-electron chi connectivity index (χ3n) is 3.70. The average molecular weight is 384 g/mol. The first kappa shape index (κ1) is 14.9. The van der Waals surface area contributed by atoms with E-state index in [0.717, 1.165) is 27.0 Å². The Morgan fingerprint density at radius 2 is 2.08 bits per heavy atom. The summed E-state index contributed by atoms with van der Waals surface area (Å²) in [6, 6.07) is 11.9. The van der Waals surface area contributed by atoms with Gasteiger partial charge in [0.2, 0.25) is 0 Å². The zero-order valence-electron chi connectivity index (χ0n) is 12.7. The lowest BCUT2D eigenvalue weighted by Crippen LogP contribution is -2.15. The molecule has 7 heteroatoms. The van der Waals surface area contributed by atoms with Gasteiger partial charge in [0, 0.05) is 4.47 Å². The van der Waals surface area contributed by atoms with Crippen LogP contribution in [0.15, 0.2) is 69.2 Å². The van der Waals surface area contributed by atoms with Gasteiger partial charge in [0.25, 0.3) is 0 Å². The first-order valence-electron chi connectivity index (χ1n) is 7.46. The van der Waals surface area contributed by atoms with E-state index in [0.29, 0.717) is 18.6 Å². The number of furan rings is 1. The highest BCUT2D eigenvalue weighted by Crippen LogP contribution is 2.18. The van der Waals surface area contributed by atoms with Crippen molar-refractivity contribution in [3.8, 4) is 0 Å². The zero-order valence-corrected chi connectivity index (χ0v) is 14.3. The van der Waals surface area contributed by atoms with Crippen molar-refractivity contribution in [2.45, 2.75) is 13.1 Å². The second-order valence-electron chi connectivity index (χ2n) is 5.28. The zero-order chi connectivity index (χ0) is 16.4. The summed E-state index contributed by atoms with van der Waals surface area (Å²) in [7, 11) is 0. The quantitative estimate of drug-likeness (QED) is 0.587. The number of benzene rings is 1. The topological polar surface area (TPSA) is 72.0 Å². The molecule has 0 unspecified atom stereocenters. The Morgan fingerprint density at radius 3 is 2.92 bits per heavy atom. The molecule has 0 aliphatic heterocycles. The van der Waals surface area contributed by atoms with Crippen molar-refractivity contribution in [1.29, 1.82) is 0 Å². The van der Waals surface area contributed by atoms with E-state index in [2.05, 4.69) is 41.9 Å². The highest BCUT2D eigenvalue weighted by Gasteiger charge is 2.07. The fourth-order valence-electron chi connectivity index (χ4n) is 2.51. The second kappa shape index (κ2) is 6.45. The minimum Gasteiger partial charge on any atom is -0.467 e. The SMILES string of the molecule is Brc1ccccc1Cn1cnc(=NCc2ccco2)c2[nH]cnc21. The predicted octanol–water partition coefficient (Wildman–Crippen LogP) is 3.26. The summed E-state index contributed by atoms with van der Waals surface area (Å²) in [5, 5.41) is 0. The third kappa shape index (κ3) is 2.90. The molecule has 0 spiro atoms. The standard InChI is InChI=1S/C17H14BrN5O/c18-14-6-2-1-4-12(14)9-23-11-22-16(15-17(23)21-10-20-15)19-8-13-5-3-7-24-13/h1-7,10-11H,8-9H2,(H,20,21). The number of hydrogen-bond donors (Lipinski definition) is 1. The van der Waals surface area contributed by atoms with Gasteiger partial charge in [0.05, 0.1) is 32.0 Å². The van der Waals surface area contributed by atoms with Gasteiger partial charge < -0.3 is 14.0 Å². The molecule has 0 atom stereocenters. The fourth-order valence-corrected chi connectivity index (χ4v) is 2.92. The number of halogens is 1. The number of nitrogens with one attached hydrogen (secondary N) is 1. The molecule has 0 saturated heterocycles. The Hall–Kier alpha value is -2.67. The lowest BCUT2D eigenvalue weighted by Gasteiger charge is -2.08. The van der Waals surface area contributed by atoms with E-state index >= 15 is 0 Å². The number of hydrogen-bond acceptors (Lipinski definition) is 4. The molecule has 3 aromatic heterocycles. The van der Waals surface area contributed by atoms with Crippen LogP contribution in [0.4, 0.5) is 0 Å². The van der Waals surface area contributed by atoms with Crippen molar-refractivity contribution >= 4 is 27.1 Å². The molecule has 0 aliphatic carbocycles. The van der Waals surface area contributed by atoms with E-state index in [1.165, 1.54) is 0 Å². The van der Waals surface area contributed by atoms with Gasteiger partial charge >= 0.3 is 0 Å². The summed E-state index contributed by atoms with van der Waals surface area (Å²) in [5.74, 6) is 0.800. The normalized spacial score (nSPS) is 12.1. The van der Waals surface area contributed by atoms with Crippen LogP contribution in [0.3, 0.4) is 0 Å². The highest BCUT2D eigenvalue weighted by atomic mass is 79.9. The molecule has 1 aromatic carbocycles. The van der Waals surface area contributed by atoms with Gasteiger partial charge in [-0.2, -0.15) is 0 Å². The van der Waals surface area contributed by atoms with Gasteiger partial charge in [-0.1, -0.05) is 34.1 Å². The maximum atomic E-state index is 5.31. The van der Waals surface area contributed by atoms with Crippen molar-refractivity contribution in [3.63, 3.8) is 0 Å². The van der Waals surface area contributed by atoms with Crippen molar-refractivity contribution in [2.24, 2.45) is 4.99 Å². The predicted molar refractivity (Wildman–Crippen MR) is 93.1 cm³/mol. The number of nitrogens with zero attached hydrogens (tertiary/aromatic N) is 4. The molecule has 0 amide bonds. The molecule has 0 radical (unpaired) electrons. The molecule has 0 aliphatic rings. The molecular formula is C17H14BrN5O. The Labute approximate surface area is 146 Å². The van der Waals surface area contributed by atoms with E-state index in [-0.39, 0.29) is 0 Å². The molecule has 120 valence electrons. The van der Waals surface area contributed by atoms with Crippen LogP contribution in [0.2, 0.25) is 0 Å². The Balaban J connectivity index is 1.72. The minimum absolute atomic E-state index is 0.447. The number of H-pyrrole nitrogens is 1. The summed E-state index contributed by atoms with van der Waals surface area (Å²) in [6.07, 6.45) is 5.07. The van der Waals surface area contributed by atoms with Crippen LogP contribution in [0, 0.1) is 0 Å². The van der Waals surface area contributed by atoms with Crippen LogP contribution in [-0.2, 0) is 13.1 Å². The average Bonchev–Trinajstić information content (AvgIpc) is 3.27. The molecule has 24 heavy (non-hydrogen) atoms. The Bertz CT molecular complexity index is 1030. The second-order valence-corrected chi connectivity index (χ2v) is 6.14. The lowest BCUT2D eigenvalue weighted by molar-refractivity contribution is 0.510. The van der Waals surface area contributed by atoms with Gasteiger partial charge in [-0.25, -0.2) is 9.97 Å².